The van der Waals surface area contributed by atoms with Crippen molar-refractivity contribution in [3.05, 3.63) is 206 Å². The van der Waals surface area contributed by atoms with Gasteiger partial charge in [0.25, 0.3) is 0 Å². The third kappa shape index (κ3) is 6.40. The highest BCUT2D eigenvalue weighted by molar-refractivity contribution is 6.09. The van der Waals surface area contributed by atoms with Crippen LogP contribution in [0.1, 0.15) is 0 Å². The van der Waals surface area contributed by atoms with Crippen molar-refractivity contribution in [3.63, 3.8) is 0 Å². The van der Waals surface area contributed by atoms with Gasteiger partial charge in [-0.25, -0.2) is 19.9 Å². The molecule has 56 heavy (non-hydrogen) atoms. The van der Waals surface area contributed by atoms with Crippen molar-refractivity contribution < 1.29 is 0 Å². The Bertz CT molecular complexity index is 2940. The van der Waals surface area contributed by atoms with Crippen LogP contribution in [0, 0.1) is 0 Å². The molecule has 0 saturated heterocycles. The van der Waals surface area contributed by atoms with E-state index in [1.807, 2.05) is 54.6 Å². The molecular formula is C52H34N4. The Hall–Kier alpha value is -7.56. The summed E-state index contributed by atoms with van der Waals surface area (Å²) in [5, 5.41) is 2.13. The molecule has 0 bridgehead atoms. The molecule has 0 spiro atoms. The summed E-state index contributed by atoms with van der Waals surface area (Å²) < 4.78 is 0. The predicted molar refractivity (Wildman–Crippen MR) is 231 cm³/mol. The lowest BCUT2D eigenvalue weighted by Gasteiger charge is -2.14. The third-order valence-corrected chi connectivity index (χ3v) is 10.3. The Labute approximate surface area is 325 Å². The van der Waals surface area contributed by atoms with Crippen molar-refractivity contribution >= 4 is 21.8 Å². The van der Waals surface area contributed by atoms with E-state index in [1.165, 1.54) is 0 Å². The molecule has 0 aliphatic rings. The maximum absolute atomic E-state index is 5.39. The lowest BCUT2D eigenvalue weighted by atomic mass is 9.95. The van der Waals surface area contributed by atoms with Crippen LogP contribution in [0.2, 0.25) is 0 Å². The van der Waals surface area contributed by atoms with E-state index in [1.54, 1.807) is 0 Å². The summed E-state index contributed by atoms with van der Waals surface area (Å²) in [6.07, 6.45) is 0. The number of hydrogen-bond acceptors (Lipinski definition) is 4. The highest BCUT2D eigenvalue weighted by Gasteiger charge is 2.16. The summed E-state index contributed by atoms with van der Waals surface area (Å²) in [6.45, 7) is 0. The molecule has 4 heteroatoms. The fraction of sp³-hybridized carbons (Fsp3) is 0. The van der Waals surface area contributed by atoms with E-state index >= 15 is 0 Å². The Morgan fingerprint density at radius 3 is 1.30 bits per heavy atom. The highest BCUT2D eigenvalue weighted by Crippen LogP contribution is 2.37. The number of aromatic nitrogens is 4. The van der Waals surface area contributed by atoms with Crippen LogP contribution in [0.5, 0.6) is 0 Å². The van der Waals surface area contributed by atoms with Crippen LogP contribution in [0.15, 0.2) is 206 Å². The van der Waals surface area contributed by atoms with E-state index in [-0.39, 0.29) is 0 Å². The number of benzene rings is 7. The number of hydrogen-bond donors (Lipinski definition) is 0. The van der Waals surface area contributed by atoms with Gasteiger partial charge in [-0.05, 0) is 52.6 Å². The van der Waals surface area contributed by atoms with Gasteiger partial charge in [-0.3, -0.25) is 0 Å². The van der Waals surface area contributed by atoms with Crippen LogP contribution >= 0.6 is 0 Å². The molecular weight excluding hydrogens is 681 g/mol. The van der Waals surface area contributed by atoms with Crippen LogP contribution in [0.25, 0.3) is 100 Å². The highest BCUT2D eigenvalue weighted by atomic mass is 14.9. The topological polar surface area (TPSA) is 51.6 Å². The van der Waals surface area contributed by atoms with Crippen molar-refractivity contribution in [2.75, 3.05) is 0 Å². The standard InChI is InChI=1S/C52H34N4/c1-5-15-35(16-6-1)45-33-47(54-51-44(45)29-27-38-28-30-46(53-50(38)51)36-17-7-2-8-18-36)42-25-13-23-40(31-42)41-24-14-26-43(32-41)49-34-48(37-19-9-3-10-20-37)55-52(56-49)39-21-11-4-12-22-39/h1-34H. The maximum Gasteiger partial charge on any atom is 0.160 e. The summed E-state index contributed by atoms with van der Waals surface area (Å²) in [4.78, 5) is 20.7. The molecule has 3 heterocycles. The lowest BCUT2D eigenvalue weighted by Crippen LogP contribution is -1.96. The Balaban J connectivity index is 1.10. The molecule has 10 aromatic rings. The maximum atomic E-state index is 5.39. The first kappa shape index (κ1) is 33.0. The second-order valence-corrected chi connectivity index (χ2v) is 13.9. The molecule has 7 aromatic carbocycles. The van der Waals surface area contributed by atoms with E-state index in [2.05, 4.69) is 152 Å². The van der Waals surface area contributed by atoms with Crippen molar-refractivity contribution in [3.8, 4) is 78.7 Å². The zero-order valence-corrected chi connectivity index (χ0v) is 30.4. The predicted octanol–water partition coefficient (Wildman–Crippen LogP) is 13.2. The number of fused-ring (bicyclic) bond motifs is 3. The van der Waals surface area contributed by atoms with Gasteiger partial charge in [0.2, 0.25) is 0 Å². The zero-order chi connectivity index (χ0) is 37.3. The second-order valence-electron chi connectivity index (χ2n) is 13.9. The van der Waals surface area contributed by atoms with E-state index in [4.69, 9.17) is 19.9 Å². The zero-order valence-electron chi connectivity index (χ0n) is 30.4. The molecule has 0 amide bonds. The fourth-order valence-corrected chi connectivity index (χ4v) is 7.43. The summed E-state index contributed by atoms with van der Waals surface area (Å²) in [5.74, 6) is 0.698. The molecule has 0 N–H and O–H groups in total. The Morgan fingerprint density at radius 1 is 0.250 bits per heavy atom. The lowest BCUT2D eigenvalue weighted by molar-refractivity contribution is 1.18. The molecule has 0 atom stereocenters. The minimum absolute atomic E-state index is 0.698. The first-order valence-electron chi connectivity index (χ1n) is 18.8. The van der Waals surface area contributed by atoms with E-state index < -0.39 is 0 Å². The Morgan fingerprint density at radius 2 is 0.696 bits per heavy atom. The van der Waals surface area contributed by atoms with Gasteiger partial charge >= 0.3 is 0 Å². The van der Waals surface area contributed by atoms with Crippen molar-refractivity contribution in [1.29, 1.82) is 0 Å². The molecule has 4 nitrogen and oxygen atoms in total. The van der Waals surface area contributed by atoms with Crippen LogP contribution in [-0.4, -0.2) is 19.9 Å². The molecule has 0 radical (unpaired) electrons. The van der Waals surface area contributed by atoms with Gasteiger partial charge in [0, 0.05) is 38.6 Å². The van der Waals surface area contributed by atoms with Gasteiger partial charge in [-0.2, -0.15) is 0 Å². The SMILES string of the molecule is c1ccc(-c2cc(-c3cccc(-c4cccc(-c5cc(-c6ccccc6)c6ccc7ccc(-c8ccccc8)nc7c6n5)c4)c3)nc(-c3ccccc3)n2)cc1. The molecule has 0 aliphatic heterocycles. The largest absolute Gasteiger partial charge is 0.245 e. The minimum Gasteiger partial charge on any atom is -0.245 e. The average molecular weight is 715 g/mol. The molecule has 262 valence electrons. The van der Waals surface area contributed by atoms with Crippen LogP contribution in [-0.2, 0) is 0 Å². The summed E-state index contributed by atoms with van der Waals surface area (Å²) in [7, 11) is 0. The molecule has 0 saturated carbocycles. The fourth-order valence-electron chi connectivity index (χ4n) is 7.43. The number of nitrogens with zero attached hydrogens (tertiary/aromatic N) is 4. The summed E-state index contributed by atoms with van der Waals surface area (Å²) >= 11 is 0. The molecule has 10 rings (SSSR count). The van der Waals surface area contributed by atoms with Gasteiger partial charge in [-0.1, -0.05) is 176 Å². The van der Waals surface area contributed by atoms with Crippen LogP contribution in [0.3, 0.4) is 0 Å². The van der Waals surface area contributed by atoms with Gasteiger partial charge in [0.15, 0.2) is 5.82 Å². The van der Waals surface area contributed by atoms with Gasteiger partial charge in [-0.15, -0.1) is 0 Å². The normalized spacial score (nSPS) is 11.2. The second kappa shape index (κ2) is 14.3. The van der Waals surface area contributed by atoms with Gasteiger partial charge in [0.05, 0.1) is 33.8 Å². The number of pyridine rings is 2. The van der Waals surface area contributed by atoms with Crippen molar-refractivity contribution in [2.24, 2.45) is 0 Å². The molecule has 0 unspecified atom stereocenters. The first-order valence-corrected chi connectivity index (χ1v) is 18.8. The smallest absolute Gasteiger partial charge is 0.160 e. The van der Waals surface area contributed by atoms with E-state index in [0.717, 1.165) is 94.7 Å². The number of rotatable bonds is 7. The summed E-state index contributed by atoms with van der Waals surface area (Å²) in [5.41, 5.74) is 15.0. The van der Waals surface area contributed by atoms with E-state index in [9.17, 15) is 0 Å². The monoisotopic (exact) mass is 714 g/mol. The summed E-state index contributed by atoms with van der Waals surface area (Å²) in [6, 6.07) is 71.5. The average Bonchev–Trinajstić information content (AvgIpc) is 3.29. The van der Waals surface area contributed by atoms with Gasteiger partial charge in [0.1, 0.15) is 0 Å². The van der Waals surface area contributed by atoms with Crippen LogP contribution in [0.4, 0.5) is 0 Å². The third-order valence-electron chi connectivity index (χ3n) is 10.3. The molecule has 0 fully saturated rings. The van der Waals surface area contributed by atoms with E-state index in [0.29, 0.717) is 5.82 Å². The molecule has 3 aromatic heterocycles. The van der Waals surface area contributed by atoms with Gasteiger partial charge < -0.3 is 0 Å². The molecule has 0 aliphatic carbocycles. The Kier molecular flexibility index (Phi) is 8.47. The first-order chi connectivity index (χ1) is 27.7. The van der Waals surface area contributed by atoms with Crippen molar-refractivity contribution in [1.82, 2.24) is 19.9 Å². The van der Waals surface area contributed by atoms with Crippen molar-refractivity contribution in [2.45, 2.75) is 0 Å². The minimum atomic E-state index is 0.698. The quantitative estimate of drug-likeness (QED) is 0.154. The van der Waals surface area contributed by atoms with Crippen LogP contribution < -0.4 is 0 Å².